The summed E-state index contributed by atoms with van der Waals surface area (Å²) in [4.78, 5) is 297. The van der Waals surface area contributed by atoms with E-state index < -0.39 is 241 Å². The Morgan fingerprint density at radius 3 is 1.42 bits per heavy atom. The van der Waals surface area contributed by atoms with Crippen LogP contribution in [-0.2, 0) is 131 Å². The second kappa shape index (κ2) is 47.3. The van der Waals surface area contributed by atoms with Crippen molar-refractivity contribution in [3.8, 4) is 5.75 Å². The number of hydrogen-bond donors (Lipinski definition) is 25. The fourth-order valence-electron chi connectivity index (χ4n) is 14.6. The number of carbonyl (C=O) groups excluding carboxylic acids is 18. The summed E-state index contributed by atoms with van der Waals surface area (Å²) in [5.74, 6) is -19.3. The Hall–Kier alpha value is -15.4. The molecule has 14 atom stereocenters. The van der Waals surface area contributed by atoms with Crippen molar-refractivity contribution in [2.45, 2.75) is 167 Å². The molecular formula is C81H101N31O19S2. The highest BCUT2D eigenvalue weighted by Crippen LogP contribution is 2.51. The summed E-state index contributed by atoms with van der Waals surface area (Å²) in [6, 6.07) is -4.76. The van der Waals surface area contributed by atoms with Crippen molar-refractivity contribution >= 4 is 128 Å². The molecule has 29 N–H and O–H groups in total. The maximum absolute atomic E-state index is 15.0. The van der Waals surface area contributed by atoms with Gasteiger partial charge in [-0.25, -0.2) is 29.9 Å². The molecule has 0 radical (unpaired) electrons. The molecule has 18 amide bonds. The number of likely N-dealkylation sites (tertiary alicyclic amines) is 1. The molecule has 2 saturated heterocycles. The summed E-state index contributed by atoms with van der Waals surface area (Å²) < 4.78 is 0. The van der Waals surface area contributed by atoms with Crippen molar-refractivity contribution < 1.29 is 91.4 Å². The minimum atomic E-state index is -1.87. The highest BCUT2D eigenvalue weighted by molar-refractivity contribution is 8.76. The van der Waals surface area contributed by atoms with Gasteiger partial charge in [-0.1, -0.05) is 64.1 Å². The van der Waals surface area contributed by atoms with E-state index >= 15 is 4.79 Å². The van der Waals surface area contributed by atoms with E-state index in [0.717, 1.165) is 26.5 Å². The Bertz CT molecular complexity index is 5390. The highest BCUT2D eigenvalue weighted by atomic mass is 33.1. The average molecular weight is 1880 g/mol. The molecule has 2 aromatic carbocycles. The number of aromatic amines is 6. The normalized spacial score (nSPS) is 20.7. The number of amides is 18. The number of hydrogen-bond acceptors (Lipinski definition) is 28. The zero-order chi connectivity index (χ0) is 95.3. The summed E-state index contributed by atoms with van der Waals surface area (Å²) in [6.45, 7) is -2.55. The zero-order valence-corrected chi connectivity index (χ0v) is 72.8. The number of primary amides is 3. The lowest BCUT2D eigenvalue weighted by Crippen LogP contribution is -2.61. The Morgan fingerprint density at radius 1 is 0.481 bits per heavy atom. The summed E-state index contributed by atoms with van der Waals surface area (Å²) in [6.07, 6.45) is 13.4. The van der Waals surface area contributed by atoms with Crippen LogP contribution in [0.1, 0.15) is 89.7 Å². The van der Waals surface area contributed by atoms with Gasteiger partial charge < -0.3 is 137 Å². The number of nitrogens with one attached hydrogen (secondary N) is 20. The van der Waals surface area contributed by atoms with Gasteiger partial charge in [-0.2, -0.15) is 0 Å². The predicted molar refractivity (Wildman–Crippen MR) is 468 cm³/mol. The van der Waals surface area contributed by atoms with Crippen LogP contribution in [-0.4, -0.2) is 292 Å². The van der Waals surface area contributed by atoms with E-state index in [1.165, 1.54) is 99.4 Å². The van der Waals surface area contributed by atoms with E-state index in [2.05, 4.69) is 134 Å². The first kappa shape index (κ1) is 98.2. The molecule has 52 heteroatoms. The number of phenolic OH excluding ortho intramolecular Hbond substituents is 1. The Kier molecular flexibility index (Phi) is 34.9. The van der Waals surface area contributed by atoms with Crippen LogP contribution >= 0.6 is 21.6 Å². The number of phenols is 1. The quantitative estimate of drug-likeness (QED) is 0.0159. The minimum absolute atomic E-state index is 0.00469. The lowest BCUT2D eigenvalue weighted by Gasteiger charge is -2.30. The van der Waals surface area contributed by atoms with Crippen LogP contribution in [0, 0.1) is 0 Å². The van der Waals surface area contributed by atoms with Crippen LogP contribution in [0.5, 0.6) is 5.75 Å². The molecular weight excluding hydrogens is 1780 g/mol. The molecule has 0 bridgehead atoms. The molecule has 0 spiro atoms. The highest BCUT2D eigenvalue weighted by Gasteiger charge is 2.63. The van der Waals surface area contributed by atoms with Gasteiger partial charge in [0.05, 0.1) is 70.1 Å². The number of aromatic hydroxyl groups is 1. The van der Waals surface area contributed by atoms with Gasteiger partial charge in [0, 0.05) is 147 Å². The molecule has 11 rings (SSSR count). The van der Waals surface area contributed by atoms with E-state index in [9.17, 15) is 86.6 Å². The maximum atomic E-state index is 15.0. The number of nitrogens with two attached hydrogens (primary N) is 4. The molecule has 2 aliphatic heterocycles. The third-order valence-corrected chi connectivity index (χ3v) is 24.1. The number of nitrogens with zero attached hydrogens (tertiary/aromatic N) is 7. The molecule has 3 unspecified atom stereocenters. The largest absolute Gasteiger partial charge is 0.508 e. The molecule has 706 valence electrons. The van der Waals surface area contributed by atoms with Crippen molar-refractivity contribution in [2.75, 3.05) is 37.7 Å². The van der Waals surface area contributed by atoms with Crippen molar-refractivity contribution in [1.29, 1.82) is 0 Å². The molecule has 6 aromatic heterocycles. The topological polar surface area (TPSA) is 775 Å². The van der Waals surface area contributed by atoms with Crippen LogP contribution in [0.15, 0.2) is 130 Å². The van der Waals surface area contributed by atoms with Crippen LogP contribution in [0.2, 0.25) is 0 Å². The second-order valence-corrected chi connectivity index (χ2v) is 34.1. The van der Waals surface area contributed by atoms with Gasteiger partial charge in [-0.15, -0.1) is 0 Å². The van der Waals surface area contributed by atoms with E-state index in [-0.39, 0.29) is 70.1 Å². The van der Waals surface area contributed by atoms with E-state index in [4.69, 9.17) is 22.9 Å². The van der Waals surface area contributed by atoms with Gasteiger partial charge in [0.25, 0.3) is 0 Å². The molecule has 3 fully saturated rings. The van der Waals surface area contributed by atoms with Crippen LogP contribution in [0.3, 0.4) is 0 Å². The molecule has 3 aliphatic rings. The third-order valence-electron chi connectivity index (χ3n) is 21.6. The van der Waals surface area contributed by atoms with E-state index in [0.29, 0.717) is 51.7 Å². The van der Waals surface area contributed by atoms with Gasteiger partial charge in [0.15, 0.2) is 0 Å². The van der Waals surface area contributed by atoms with E-state index in [1.54, 1.807) is 30.3 Å². The van der Waals surface area contributed by atoms with Crippen molar-refractivity contribution in [3.05, 3.63) is 175 Å². The molecule has 1 saturated carbocycles. The third kappa shape index (κ3) is 29.1. The van der Waals surface area contributed by atoms with Crippen LogP contribution < -0.4 is 97.4 Å². The minimum Gasteiger partial charge on any atom is -0.508 e. The first-order chi connectivity index (χ1) is 63.8. The molecule has 1 aliphatic carbocycles. The van der Waals surface area contributed by atoms with Gasteiger partial charge >= 0.3 is 0 Å². The summed E-state index contributed by atoms with van der Waals surface area (Å²) >= 11 is 0. The SMILES string of the molecule is NC(=O)CC[C@@H]1NC(=O)[C@H](Cc2ccccc2)NC(=O)C(Cc2ccc(O)cc2)NC(=O)[C@@H](NC(=O)CNC(=O)CNC(=O)CNC(=O)[C@@]2(NC(=O)[C@H](Cc3cnc[nH]3)NC(=O)[C@H](Cc3cnc[nH]3)NC(=O)[C@H](Cc3cnc[nH]3)NC(=O)C(Cc3cnc[nH]3)NC(=O)[C@@H](N)Cc3cnc[nH]3)CC2c2cnc[nH]2)CSSC[C@@H](C(=O)N2CCC[C@H]2C(N)=O)NC(=O)[C@H](CC(N)=O)NC1=O. The standard InChI is InChI=1S/C81H101N31O19S2/c82-50(17-43-24-86-35-95-43)69(120)103-54(18-44-25-87-36-96-44)73(124)106-55(19-45-26-88-37-97-45)74(125)107-56(20-46-27-89-38-98-46)75(126)108-57(21-47-28-90-39-99-47)78(129)111-81(23-49(81)59-29-91-40-100-59)80(131)94-31-66(117)92-30-65(116)93-32-67(118)101-60-33-132-133-34-61(79(130)112-14-4-7-62(112)68(85)119)110-76(127)58(22-64(84)115)109-70(121)51(12-13-63(83)114)102-71(122)52(15-41-5-2-1-3-6-41)104-72(123)53(105-77(60)128)16-42-8-10-48(113)11-9-42/h1-3,5-6,8-11,24-29,35-40,49-58,60-62,113H,4,7,12-23,30-34,82H2,(H2,83,114)(H2,84,115)(H2,85,119)(H,86,95)(H,87,96)(H,88,97)(H,89,98)(H,90,99)(H,91,100)(H,92,117)(H,93,116)(H,94,131)(H,101,118)(H,102,122)(H,103,120)(H,104,123)(H,105,128)(H,106,124)(H,107,125)(H,108,126)(H,109,121)(H,110,127)(H,111,129)/t49?,50-,51-,52-,53?,54?,55-,56-,57-,58-,60-,61-,62-,81+/m0/s1. The van der Waals surface area contributed by atoms with Crippen molar-refractivity contribution in [1.82, 2.24) is 139 Å². The smallest absolute Gasteiger partial charge is 0.246 e. The summed E-state index contributed by atoms with van der Waals surface area (Å²) in [5.41, 5.74) is 24.3. The Morgan fingerprint density at radius 2 is 0.925 bits per heavy atom. The van der Waals surface area contributed by atoms with Gasteiger partial charge in [0.2, 0.25) is 106 Å². The van der Waals surface area contributed by atoms with Crippen molar-refractivity contribution in [3.63, 3.8) is 0 Å². The molecule has 133 heavy (non-hydrogen) atoms. The van der Waals surface area contributed by atoms with Gasteiger partial charge in [-0.05, 0) is 48.9 Å². The lowest BCUT2D eigenvalue weighted by atomic mass is 10.0. The van der Waals surface area contributed by atoms with Crippen LogP contribution in [0.25, 0.3) is 0 Å². The average Bonchev–Trinajstić information content (AvgIpc) is 1.56. The predicted octanol–water partition coefficient (Wildman–Crippen LogP) is -8.69. The van der Waals surface area contributed by atoms with Gasteiger partial charge in [-0.3, -0.25) is 86.3 Å². The number of rotatable bonds is 40. The van der Waals surface area contributed by atoms with Crippen LogP contribution in [0.4, 0.5) is 0 Å². The molecule has 8 heterocycles. The second-order valence-electron chi connectivity index (χ2n) is 31.5. The lowest BCUT2D eigenvalue weighted by molar-refractivity contribution is -0.140. The summed E-state index contributed by atoms with van der Waals surface area (Å²) in [5, 5.41) is 46.1. The number of benzene rings is 2. The molecule has 8 aromatic rings. The summed E-state index contributed by atoms with van der Waals surface area (Å²) in [7, 11) is 1.68. The number of carbonyl (C=O) groups is 18. The first-order valence-electron chi connectivity index (χ1n) is 41.8. The van der Waals surface area contributed by atoms with Crippen molar-refractivity contribution in [2.24, 2.45) is 22.9 Å². The molecule has 50 nitrogen and oxygen atoms in total. The van der Waals surface area contributed by atoms with E-state index in [1.807, 2.05) is 0 Å². The number of aromatic nitrogens is 12. The van der Waals surface area contributed by atoms with Gasteiger partial charge in [0.1, 0.15) is 77.7 Å². The zero-order valence-electron chi connectivity index (χ0n) is 71.1. The number of H-pyrrole nitrogens is 6. The maximum Gasteiger partial charge on any atom is 0.246 e. The fourth-order valence-corrected chi connectivity index (χ4v) is 16.9. The fraction of sp³-hybridized carbons (Fsp3) is 0.407. The Balaban J connectivity index is 0.766. The number of imidazole rings is 6. The monoisotopic (exact) mass is 1880 g/mol. The Labute approximate surface area is 763 Å². The first-order valence-corrected chi connectivity index (χ1v) is 44.3.